The first-order chi connectivity index (χ1) is 9.63. The topological polar surface area (TPSA) is 57.7 Å². The average molecular weight is 448 g/mol. The first kappa shape index (κ1) is 13.2. The number of H-pyrrole nitrogens is 1. The predicted octanol–water partition coefficient (Wildman–Crippen LogP) is 3.49. The SMILES string of the molecule is CC1C[C@H]2CC[C@@H](C1)N2c1nc2n[nH]c(I)c2nc1Br. The Morgan fingerprint density at radius 2 is 1.95 bits per heavy atom. The fourth-order valence-corrected chi connectivity index (χ4v) is 4.69. The summed E-state index contributed by atoms with van der Waals surface area (Å²) < 4.78 is 1.78. The molecule has 1 unspecified atom stereocenters. The summed E-state index contributed by atoms with van der Waals surface area (Å²) in [6.07, 6.45) is 5.08. The minimum absolute atomic E-state index is 0.616. The molecule has 20 heavy (non-hydrogen) atoms. The van der Waals surface area contributed by atoms with Crippen LogP contribution in [0.2, 0.25) is 0 Å². The van der Waals surface area contributed by atoms with Crippen molar-refractivity contribution in [1.29, 1.82) is 0 Å². The number of fused-ring (bicyclic) bond motifs is 3. The van der Waals surface area contributed by atoms with Crippen molar-refractivity contribution < 1.29 is 0 Å². The standard InChI is InChI=1S/C13H15BrIN5/c1-6-4-7-2-3-8(5-6)20(7)13-10(14)16-9-11(15)18-19-12(9)17-13/h6-8H,2-5H2,1H3,(H,17,18,19)/t6?,7-,8+. The van der Waals surface area contributed by atoms with E-state index in [-0.39, 0.29) is 0 Å². The van der Waals surface area contributed by atoms with Crippen LogP contribution in [-0.4, -0.2) is 32.2 Å². The van der Waals surface area contributed by atoms with Gasteiger partial charge in [0.05, 0.1) is 0 Å². The molecule has 2 aromatic heterocycles. The molecule has 0 aliphatic carbocycles. The molecule has 2 aliphatic heterocycles. The maximum Gasteiger partial charge on any atom is 0.202 e. The van der Waals surface area contributed by atoms with E-state index in [1.165, 1.54) is 25.7 Å². The van der Waals surface area contributed by atoms with Gasteiger partial charge in [0.1, 0.15) is 13.8 Å². The van der Waals surface area contributed by atoms with E-state index in [2.05, 4.69) is 65.5 Å². The fourth-order valence-electron chi connectivity index (χ4n) is 3.74. The van der Waals surface area contributed by atoms with Crippen molar-refractivity contribution in [3.05, 3.63) is 8.30 Å². The Hall–Kier alpha value is -0.440. The molecule has 2 bridgehead atoms. The van der Waals surface area contributed by atoms with Gasteiger partial charge in [0, 0.05) is 12.1 Å². The first-order valence-electron chi connectivity index (χ1n) is 6.99. The van der Waals surface area contributed by atoms with Crippen molar-refractivity contribution in [2.75, 3.05) is 4.90 Å². The number of nitrogens with zero attached hydrogens (tertiary/aromatic N) is 4. The quantitative estimate of drug-likeness (QED) is 0.680. The molecule has 1 N–H and O–H groups in total. The number of hydrogen-bond donors (Lipinski definition) is 1. The van der Waals surface area contributed by atoms with Crippen LogP contribution in [0.5, 0.6) is 0 Å². The lowest BCUT2D eigenvalue weighted by molar-refractivity contribution is 0.361. The normalized spacial score (nSPS) is 29.4. The molecule has 2 saturated heterocycles. The molecule has 4 rings (SSSR count). The van der Waals surface area contributed by atoms with E-state index in [1.807, 2.05) is 0 Å². The van der Waals surface area contributed by atoms with Gasteiger partial charge < -0.3 is 4.90 Å². The Labute approximate surface area is 139 Å². The molecule has 0 aromatic carbocycles. The minimum Gasteiger partial charge on any atom is -0.348 e. The molecule has 0 spiro atoms. The number of nitrogens with one attached hydrogen (secondary N) is 1. The maximum atomic E-state index is 4.75. The second kappa shape index (κ2) is 4.79. The number of piperidine rings is 1. The lowest BCUT2D eigenvalue weighted by atomic mass is 9.92. The monoisotopic (exact) mass is 447 g/mol. The van der Waals surface area contributed by atoms with Crippen LogP contribution in [0.1, 0.15) is 32.6 Å². The van der Waals surface area contributed by atoms with Crippen LogP contribution in [0.4, 0.5) is 5.82 Å². The number of rotatable bonds is 1. The van der Waals surface area contributed by atoms with Crippen LogP contribution in [-0.2, 0) is 0 Å². The van der Waals surface area contributed by atoms with Crippen LogP contribution in [0.3, 0.4) is 0 Å². The van der Waals surface area contributed by atoms with Crippen molar-refractivity contribution in [1.82, 2.24) is 20.2 Å². The van der Waals surface area contributed by atoms with E-state index in [0.717, 1.165) is 25.6 Å². The summed E-state index contributed by atoms with van der Waals surface area (Å²) in [4.78, 5) is 11.9. The van der Waals surface area contributed by atoms with Crippen LogP contribution < -0.4 is 4.90 Å². The van der Waals surface area contributed by atoms with Crippen LogP contribution in [0.25, 0.3) is 11.2 Å². The third-order valence-corrected chi connectivity index (χ3v) is 5.78. The number of hydrogen-bond acceptors (Lipinski definition) is 4. The molecule has 4 heterocycles. The van der Waals surface area contributed by atoms with Gasteiger partial charge in [0.25, 0.3) is 0 Å². The van der Waals surface area contributed by atoms with E-state index >= 15 is 0 Å². The van der Waals surface area contributed by atoms with Gasteiger partial charge in [-0.2, -0.15) is 5.10 Å². The molecular weight excluding hydrogens is 433 g/mol. The molecule has 3 atom stereocenters. The van der Waals surface area contributed by atoms with Crippen molar-refractivity contribution in [2.45, 2.75) is 44.7 Å². The number of aromatic nitrogens is 4. The molecule has 7 heteroatoms. The zero-order valence-electron chi connectivity index (χ0n) is 11.1. The largest absolute Gasteiger partial charge is 0.348 e. The van der Waals surface area contributed by atoms with Crippen LogP contribution in [0, 0.1) is 9.62 Å². The molecule has 0 radical (unpaired) electrons. The third kappa shape index (κ3) is 1.96. The Morgan fingerprint density at radius 3 is 2.65 bits per heavy atom. The summed E-state index contributed by atoms with van der Waals surface area (Å²) in [5, 5.41) is 7.20. The smallest absolute Gasteiger partial charge is 0.202 e. The summed E-state index contributed by atoms with van der Waals surface area (Å²) in [5.74, 6) is 1.80. The van der Waals surface area contributed by atoms with Gasteiger partial charge >= 0.3 is 0 Å². The Kier molecular flexibility index (Phi) is 3.17. The highest BCUT2D eigenvalue weighted by Gasteiger charge is 2.41. The Bertz CT molecular complexity index is 658. The zero-order chi connectivity index (χ0) is 13.9. The third-order valence-electron chi connectivity index (χ3n) is 4.50. The number of halogens is 2. The van der Waals surface area contributed by atoms with Crippen molar-refractivity contribution >= 4 is 55.5 Å². The summed E-state index contributed by atoms with van der Waals surface area (Å²) >= 11 is 5.81. The molecule has 0 amide bonds. The van der Waals surface area contributed by atoms with E-state index in [1.54, 1.807) is 0 Å². The van der Waals surface area contributed by atoms with E-state index < -0.39 is 0 Å². The van der Waals surface area contributed by atoms with Gasteiger partial charge in [-0.3, -0.25) is 5.10 Å². The van der Waals surface area contributed by atoms with Crippen LogP contribution >= 0.6 is 38.5 Å². The second-order valence-electron chi connectivity index (χ2n) is 5.92. The molecule has 2 aromatic rings. The van der Waals surface area contributed by atoms with E-state index in [0.29, 0.717) is 17.7 Å². The van der Waals surface area contributed by atoms with E-state index in [4.69, 9.17) is 4.98 Å². The van der Waals surface area contributed by atoms with Crippen molar-refractivity contribution in [2.24, 2.45) is 5.92 Å². The average Bonchev–Trinajstić information content (AvgIpc) is 2.88. The summed E-state index contributed by atoms with van der Waals surface area (Å²) in [6, 6.07) is 1.23. The van der Waals surface area contributed by atoms with Gasteiger partial charge in [-0.05, 0) is 70.1 Å². The number of anilines is 1. The Balaban J connectivity index is 1.80. The Morgan fingerprint density at radius 1 is 1.25 bits per heavy atom. The first-order valence-corrected chi connectivity index (χ1v) is 8.86. The highest BCUT2D eigenvalue weighted by atomic mass is 127. The number of aromatic amines is 1. The van der Waals surface area contributed by atoms with Gasteiger partial charge in [-0.25, -0.2) is 9.97 Å². The molecule has 2 fully saturated rings. The van der Waals surface area contributed by atoms with Crippen LogP contribution in [0.15, 0.2) is 4.60 Å². The molecule has 0 saturated carbocycles. The van der Waals surface area contributed by atoms with E-state index in [9.17, 15) is 0 Å². The second-order valence-corrected chi connectivity index (χ2v) is 7.75. The maximum absolute atomic E-state index is 4.75. The molecule has 2 aliphatic rings. The van der Waals surface area contributed by atoms with Gasteiger partial charge in [0.2, 0.25) is 5.65 Å². The zero-order valence-corrected chi connectivity index (χ0v) is 14.8. The molecular formula is C13H15BrIN5. The molecule has 106 valence electrons. The van der Waals surface area contributed by atoms with Gasteiger partial charge in [-0.15, -0.1) is 0 Å². The minimum atomic E-state index is 0.616. The fraction of sp³-hybridized carbons (Fsp3) is 0.615. The summed E-state index contributed by atoms with van der Waals surface area (Å²) in [6.45, 7) is 2.36. The van der Waals surface area contributed by atoms with Crippen molar-refractivity contribution in [3.8, 4) is 0 Å². The van der Waals surface area contributed by atoms with Gasteiger partial charge in [0.15, 0.2) is 5.82 Å². The van der Waals surface area contributed by atoms with Crippen molar-refractivity contribution in [3.63, 3.8) is 0 Å². The molecule has 5 nitrogen and oxygen atoms in total. The highest BCUT2D eigenvalue weighted by molar-refractivity contribution is 14.1. The lowest BCUT2D eigenvalue weighted by Crippen LogP contribution is -2.43. The summed E-state index contributed by atoms with van der Waals surface area (Å²) in [7, 11) is 0. The van der Waals surface area contributed by atoms with Gasteiger partial charge in [-0.1, -0.05) is 6.92 Å². The lowest BCUT2D eigenvalue weighted by Gasteiger charge is -2.38. The summed E-state index contributed by atoms with van der Waals surface area (Å²) in [5.41, 5.74) is 1.56. The predicted molar refractivity (Wildman–Crippen MR) is 89.8 cm³/mol. The highest BCUT2D eigenvalue weighted by Crippen LogP contribution is 2.42.